The highest BCUT2D eigenvalue weighted by Crippen LogP contribution is 2.29. The van der Waals surface area contributed by atoms with Crippen LogP contribution in [0.4, 0.5) is 14.6 Å². The first-order valence-electron chi connectivity index (χ1n) is 4.52. The monoisotopic (exact) mass is 263 g/mol. The van der Waals surface area contributed by atoms with Crippen LogP contribution in [-0.2, 0) is 0 Å². The molecule has 7 heteroatoms. The van der Waals surface area contributed by atoms with Crippen LogP contribution in [0.2, 0.25) is 5.28 Å². The molecule has 0 aliphatic carbocycles. The van der Waals surface area contributed by atoms with Crippen LogP contribution in [0.25, 0.3) is 10.2 Å². The molecule has 0 unspecified atom stereocenters. The van der Waals surface area contributed by atoms with Crippen molar-refractivity contribution >= 4 is 39.0 Å². The van der Waals surface area contributed by atoms with Gasteiger partial charge in [-0.05, 0) is 24.6 Å². The van der Waals surface area contributed by atoms with Crippen LogP contribution >= 0.6 is 22.9 Å². The average molecular weight is 264 g/mol. The minimum Gasteiger partial charge on any atom is -0.364 e. The SMILES string of the molecule is Cc1cc2c(NCC(F)F)nc(Cl)nc2s1. The van der Waals surface area contributed by atoms with Crippen LogP contribution in [0.3, 0.4) is 0 Å². The maximum atomic E-state index is 12.1. The highest BCUT2D eigenvalue weighted by Gasteiger charge is 2.11. The van der Waals surface area contributed by atoms with Gasteiger partial charge in [-0.15, -0.1) is 11.3 Å². The second-order valence-electron chi connectivity index (χ2n) is 3.19. The molecule has 0 bridgehead atoms. The smallest absolute Gasteiger partial charge is 0.255 e. The molecule has 3 nitrogen and oxygen atoms in total. The van der Waals surface area contributed by atoms with E-state index in [1.807, 2.05) is 13.0 Å². The summed E-state index contributed by atoms with van der Waals surface area (Å²) in [6.07, 6.45) is -2.43. The summed E-state index contributed by atoms with van der Waals surface area (Å²) < 4.78 is 24.2. The maximum absolute atomic E-state index is 12.1. The van der Waals surface area contributed by atoms with E-state index >= 15 is 0 Å². The van der Waals surface area contributed by atoms with Crippen LogP contribution in [0.5, 0.6) is 0 Å². The molecule has 86 valence electrons. The van der Waals surface area contributed by atoms with Crippen LogP contribution in [-0.4, -0.2) is 22.9 Å². The number of alkyl halides is 2. The van der Waals surface area contributed by atoms with E-state index in [4.69, 9.17) is 11.6 Å². The third-order valence-corrected chi connectivity index (χ3v) is 3.03. The first-order chi connectivity index (χ1) is 7.56. The molecule has 2 heterocycles. The standard InChI is InChI=1S/C9H8ClF2N3S/c1-4-2-5-7(13-3-6(11)12)14-9(10)15-8(5)16-4/h2,6H,3H2,1H3,(H,13,14,15). The van der Waals surface area contributed by atoms with E-state index in [9.17, 15) is 8.78 Å². The van der Waals surface area contributed by atoms with Crippen molar-refractivity contribution in [2.75, 3.05) is 11.9 Å². The highest BCUT2D eigenvalue weighted by molar-refractivity contribution is 7.18. The number of hydrogen-bond acceptors (Lipinski definition) is 4. The van der Waals surface area contributed by atoms with Gasteiger partial charge >= 0.3 is 0 Å². The normalized spacial score (nSPS) is 11.3. The van der Waals surface area contributed by atoms with Crippen LogP contribution < -0.4 is 5.32 Å². The van der Waals surface area contributed by atoms with Crippen LogP contribution in [0.15, 0.2) is 6.07 Å². The maximum Gasteiger partial charge on any atom is 0.255 e. The molecule has 0 saturated heterocycles. The summed E-state index contributed by atoms with van der Waals surface area (Å²) in [5, 5.41) is 3.35. The van der Waals surface area contributed by atoms with Gasteiger partial charge in [-0.3, -0.25) is 0 Å². The Balaban J connectivity index is 2.41. The Labute approximate surface area is 99.5 Å². The molecule has 0 radical (unpaired) electrons. The Kier molecular flexibility index (Phi) is 3.20. The molecule has 1 N–H and O–H groups in total. The lowest BCUT2D eigenvalue weighted by Crippen LogP contribution is -2.11. The van der Waals surface area contributed by atoms with Crippen molar-refractivity contribution in [1.82, 2.24) is 9.97 Å². The van der Waals surface area contributed by atoms with Crippen molar-refractivity contribution < 1.29 is 8.78 Å². The van der Waals surface area contributed by atoms with Gasteiger partial charge in [0.2, 0.25) is 5.28 Å². The fourth-order valence-electron chi connectivity index (χ4n) is 1.32. The Bertz CT molecular complexity index is 515. The quantitative estimate of drug-likeness (QED) is 0.863. The number of fused-ring (bicyclic) bond motifs is 1. The van der Waals surface area contributed by atoms with E-state index in [2.05, 4.69) is 15.3 Å². The lowest BCUT2D eigenvalue weighted by molar-refractivity contribution is 0.163. The predicted octanol–water partition coefficient (Wildman–Crippen LogP) is 3.33. The topological polar surface area (TPSA) is 37.8 Å². The van der Waals surface area contributed by atoms with Gasteiger partial charge in [0.15, 0.2) is 0 Å². The molecule has 0 spiro atoms. The molecule has 0 atom stereocenters. The number of aryl methyl sites for hydroxylation is 1. The summed E-state index contributed by atoms with van der Waals surface area (Å²) in [6, 6.07) is 1.85. The van der Waals surface area contributed by atoms with Gasteiger partial charge in [0.05, 0.1) is 11.9 Å². The van der Waals surface area contributed by atoms with Crippen LogP contribution in [0, 0.1) is 6.92 Å². The number of aromatic nitrogens is 2. The molecule has 2 aromatic rings. The summed E-state index contributed by atoms with van der Waals surface area (Å²) >= 11 is 7.16. The fraction of sp³-hybridized carbons (Fsp3) is 0.333. The van der Waals surface area contributed by atoms with Crippen molar-refractivity contribution in [3.05, 3.63) is 16.2 Å². The van der Waals surface area contributed by atoms with Crippen molar-refractivity contribution in [2.45, 2.75) is 13.3 Å². The van der Waals surface area contributed by atoms with Gasteiger partial charge in [0.25, 0.3) is 6.43 Å². The van der Waals surface area contributed by atoms with E-state index < -0.39 is 13.0 Å². The predicted molar refractivity (Wildman–Crippen MR) is 61.7 cm³/mol. The highest BCUT2D eigenvalue weighted by atomic mass is 35.5. The lowest BCUT2D eigenvalue weighted by atomic mass is 10.3. The molecular weight excluding hydrogens is 256 g/mol. The second-order valence-corrected chi connectivity index (χ2v) is 4.76. The zero-order valence-corrected chi connectivity index (χ0v) is 9.87. The molecule has 0 aliphatic heterocycles. The van der Waals surface area contributed by atoms with E-state index in [1.165, 1.54) is 11.3 Å². The van der Waals surface area contributed by atoms with Gasteiger partial charge in [-0.25, -0.2) is 18.7 Å². The first-order valence-corrected chi connectivity index (χ1v) is 5.71. The molecular formula is C9H8ClF2N3S. The zero-order valence-electron chi connectivity index (χ0n) is 8.30. The minimum atomic E-state index is -2.43. The van der Waals surface area contributed by atoms with Crippen LogP contribution in [0.1, 0.15) is 4.88 Å². The van der Waals surface area contributed by atoms with E-state index in [0.29, 0.717) is 10.6 Å². The number of hydrogen-bond donors (Lipinski definition) is 1. The van der Waals surface area contributed by atoms with Crippen molar-refractivity contribution in [1.29, 1.82) is 0 Å². The first kappa shape index (κ1) is 11.5. The van der Waals surface area contributed by atoms with E-state index in [-0.39, 0.29) is 5.28 Å². The molecule has 16 heavy (non-hydrogen) atoms. The molecule has 0 aliphatic rings. The summed E-state index contributed by atoms with van der Waals surface area (Å²) in [7, 11) is 0. The summed E-state index contributed by atoms with van der Waals surface area (Å²) in [4.78, 5) is 9.67. The van der Waals surface area contributed by atoms with Crippen molar-refractivity contribution in [3.8, 4) is 0 Å². The number of anilines is 1. The lowest BCUT2D eigenvalue weighted by Gasteiger charge is -2.05. The van der Waals surface area contributed by atoms with Crippen molar-refractivity contribution in [3.63, 3.8) is 0 Å². The molecule has 0 fully saturated rings. The van der Waals surface area contributed by atoms with Gasteiger partial charge < -0.3 is 5.32 Å². The molecule has 2 rings (SSSR count). The third kappa shape index (κ3) is 2.38. The molecule has 0 amide bonds. The largest absolute Gasteiger partial charge is 0.364 e. The number of halogens is 3. The van der Waals surface area contributed by atoms with Crippen molar-refractivity contribution in [2.24, 2.45) is 0 Å². The van der Waals surface area contributed by atoms with Gasteiger partial charge in [0.1, 0.15) is 10.6 Å². The summed E-state index contributed by atoms with van der Waals surface area (Å²) in [6.45, 7) is 1.47. The Hall–Kier alpha value is -1.01. The molecule has 0 aromatic carbocycles. The number of nitrogens with one attached hydrogen (secondary N) is 1. The minimum absolute atomic E-state index is 0.0612. The zero-order chi connectivity index (χ0) is 11.7. The Morgan fingerprint density at radius 2 is 2.25 bits per heavy atom. The molecule has 0 saturated carbocycles. The van der Waals surface area contributed by atoms with Gasteiger partial charge in [-0.2, -0.15) is 0 Å². The average Bonchev–Trinajstić information content (AvgIpc) is 2.54. The second kappa shape index (κ2) is 4.47. The summed E-state index contributed by atoms with van der Waals surface area (Å²) in [5.74, 6) is 0.361. The summed E-state index contributed by atoms with van der Waals surface area (Å²) in [5.41, 5.74) is 0. The Morgan fingerprint density at radius 1 is 1.50 bits per heavy atom. The number of thiophene rings is 1. The van der Waals surface area contributed by atoms with Gasteiger partial charge in [-0.1, -0.05) is 0 Å². The Morgan fingerprint density at radius 3 is 2.94 bits per heavy atom. The fourth-order valence-corrected chi connectivity index (χ4v) is 2.42. The molecule has 2 aromatic heterocycles. The van der Waals surface area contributed by atoms with E-state index in [1.54, 1.807) is 0 Å². The van der Waals surface area contributed by atoms with Gasteiger partial charge in [0, 0.05) is 4.88 Å². The number of rotatable bonds is 3. The third-order valence-electron chi connectivity index (χ3n) is 1.91. The van der Waals surface area contributed by atoms with E-state index in [0.717, 1.165) is 10.3 Å². The number of nitrogens with zero attached hydrogens (tertiary/aromatic N) is 2.